The van der Waals surface area contributed by atoms with Crippen molar-refractivity contribution in [2.45, 2.75) is 6.54 Å². The Hall–Kier alpha value is -0.720. The predicted octanol–water partition coefficient (Wildman–Crippen LogP) is -0.145. The van der Waals surface area contributed by atoms with Crippen molar-refractivity contribution in [2.24, 2.45) is 4.99 Å². The molecule has 1 rings (SSSR count). The standard InChI is InChI=1S/C7H10N2O6P2/c10-16(11,12)7(17(13,14)15)9-5-6-3-1-2-4-8-6/h1-4,10-12H,5H2,(H-,13,14,15)/p+1. The lowest BCUT2D eigenvalue weighted by Crippen LogP contribution is -2.07. The molecule has 0 spiro atoms. The fourth-order valence-corrected chi connectivity index (χ4v) is 2.92. The topological polar surface area (TPSA) is 143 Å². The molecule has 0 aliphatic heterocycles. The zero-order chi connectivity index (χ0) is 13.1. The molecule has 5 N–H and O–H groups in total. The van der Waals surface area contributed by atoms with Gasteiger partial charge in [0.05, 0.1) is 12.2 Å². The van der Waals surface area contributed by atoms with E-state index in [4.69, 9.17) is 24.5 Å². The second-order valence-electron chi connectivity index (χ2n) is 3.05. The fraction of sp³-hybridized carbons (Fsp3) is 0.143. The van der Waals surface area contributed by atoms with E-state index in [1.807, 2.05) is 0 Å². The molecule has 0 saturated carbocycles. The van der Waals surface area contributed by atoms with Gasteiger partial charge in [-0.15, -0.1) is 0 Å². The van der Waals surface area contributed by atoms with Crippen LogP contribution in [0.1, 0.15) is 5.69 Å². The molecule has 10 heteroatoms. The minimum Gasteiger partial charge on any atom is -0.317 e. The van der Waals surface area contributed by atoms with Gasteiger partial charge in [0, 0.05) is 6.20 Å². The Morgan fingerprint density at radius 1 is 1.35 bits per heavy atom. The zero-order valence-corrected chi connectivity index (χ0v) is 10.2. The maximum atomic E-state index is 10.9. The summed E-state index contributed by atoms with van der Waals surface area (Å²) in [6.07, 6.45) is 1.45. The Morgan fingerprint density at radius 2 is 2.00 bits per heavy atom. The van der Waals surface area contributed by atoms with Gasteiger partial charge in [0.2, 0.25) is 0 Å². The molecule has 0 saturated heterocycles. The molecule has 0 amide bonds. The molecule has 1 aromatic rings. The second kappa shape index (κ2) is 5.29. The van der Waals surface area contributed by atoms with Crippen molar-refractivity contribution in [1.82, 2.24) is 4.98 Å². The van der Waals surface area contributed by atoms with Gasteiger partial charge >= 0.3 is 20.7 Å². The van der Waals surface area contributed by atoms with Crippen LogP contribution in [-0.2, 0) is 11.1 Å². The third kappa shape index (κ3) is 4.57. The van der Waals surface area contributed by atoms with Crippen LogP contribution in [0.4, 0.5) is 0 Å². The summed E-state index contributed by atoms with van der Waals surface area (Å²) in [5.41, 5.74) is 0.368. The van der Waals surface area contributed by atoms with Crippen LogP contribution in [0.15, 0.2) is 29.4 Å². The average molecular weight is 281 g/mol. The van der Waals surface area contributed by atoms with Crippen molar-refractivity contribution in [3.63, 3.8) is 0 Å². The molecule has 0 aliphatic rings. The van der Waals surface area contributed by atoms with Crippen molar-refractivity contribution < 1.29 is 29.0 Å². The summed E-state index contributed by atoms with van der Waals surface area (Å²) in [5.74, 6) is 0. The summed E-state index contributed by atoms with van der Waals surface area (Å²) in [4.78, 5) is 51.4. The largest absolute Gasteiger partial charge is 0.469 e. The summed E-state index contributed by atoms with van der Waals surface area (Å²) in [6.45, 7) is -0.273. The van der Waals surface area contributed by atoms with Gasteiger partial charge in [0.15, 0.2) is 0 Å². The van der Waals surface area contributed by atoms with Crippen molar-refractivity contribution in [1.29, 1.82) is 0 Å². The zero-order valence-electron chi connectivity index (χ0n) is 8.45. The lowest BCUT2D eigenvalue weighted by atomic mass is 10.4. The molecule has 0 aliphatic carbocycles. The number of pyridine rings is 1. The molecule has 0 atom stereocenters. The van der Waals surface area contributed by atoms with E-state index in [-0.39, 0.29) is 6.54 Å². The first-order valence-corrected chi connectivity index (χ1v) is 7.55. The Morgan fingerprint density at radius 3 is 2.41 bits per heavy atom. The molecule has 0 aromatic carbocycles. The molecule has 0 fully saturated rings. The first kappa shape index (κ1) is 14.3. The molecule has 0 unspecified atom stereocenters. The third-order valence-electron chi connectivity index (χ3n) is 1.64. The molecular weight excluding hydrogens is 270 g/mol. The molecule has 8 nitrogen and oxygen atoms in total. The van der Waals surface area contributed by atoms with E-state index in [1.54, 1.807) is 12.1 Å². The van der Waals surface area contributed by atoms with Gasteiger partial charge in [0.1, 0.15) is 0 Å². The lowest BCUT2D eigenvalue weighted by Gasteiger charge is -2.07. The average Bonchev–Trinajstić information content (AvgIpc) is 2.15. The number of hydrogen-bond acceptors (Lipinski definition) is 6. The van der Waals surface area contributed by atoms with E-state index in [0.29, 0.717) is 5.69 Å². The maximum absolute atomic E-state index is 10.9. The Bertz CT molecular complexity index is 451. The van der Waals surface area contributed by atoms with Gasteiger partial charge < -0.3 is 9.79 Å². The number of aliphatic imine (C=N–C) groups is 1. The lowest BCUT2D eigenvalue weighted by molar-refractivity contribution is 0.348. The van der Waals surface area contributed by atoms with Crippen LogP contribution >= 0.6 is 15.5 Å². The van der Waals surface area contributed by atoms with Crippen molar-refractivity contribution in [2.75, 3.05) is 0 Å². The van der Waals surface area contributed by atoms with Crippen LogP contribution in [0.2, 0.25) is 0 Å². The number of nitrogens with zero attached hydrogens (tertiary/aromatic N) is 2. The summed E-state index contributed by atoms with van der Waals surface area (Å²) in [7, 11) is -9.84. The Labute approximate surface area is 97.1 Å². The summed E-state index contributed by atoms with van der Waals surface area (Å²) in [6, 6.07) is 4.81. The van der Waals surface area contributed by atoms with E-state index in [2.05, 4.69) is 9.98 Å². The smallest absolute Gasteiger partial charge is 0.317 e. The monoisotopic (exact) mass is 281 g/mol. The Kier molecular flexibility index (Phi) is 4.46. The van der Waals surface area contributed by atoms with Crippen molar-refractivity contribution in [3.8, 4) is 0 Å². The van der Waals surface area contributed by atoms with E-state index >= 15 is 0 Å². The highest BCUT2D eigenvalue weighted by atomic mass is 31.3. The predicted molar refractivity (Wildman–Crippen MR) is 61.0 cm³/mol. The molecule has 1 heterocycles. The number of aromatic nitrogens is 1. The van der Waals surface area contributed by atoms with Crippen LogP contribution in [0.5, 0.6) is 0 Å². The van der Waals surface area contributed by atoms with Gasteiger partial charge in [-0.1, -0.05) is 6.07 Å². The first-order valence-electron chi connectivity index (χ1n) is 4.29. The van der Waals surface area contributed by atoms with Gasteiger partial charge in [-0.25, -0.2) is 9.56 Å². The van der Waals surface area contributed by atoms with Crippen LogP contribution < -0.4 is 0 Å². The minimum atomic E-state index is -5.01. The van der Waals surface area contributed by atoms with Gasteiger partial charge in [-0.05, 0) is 12.1 Å². The number of rotatable bonds is 4. The van der Waals surface area contributed by atoms with Gasteiger partial charge in [-0.2, -0.15) is 14.7 Å². The Balaban J connectivity index is 2.98. The highest BCUT2D eigenvalue weighted by Gasteiger charge is 2.51. The molecule has 1 aromatic heterocycles. The van der Waals surface area contributed by atoms with E-state index in [1.165, 1.54) is 12.3 Å². The molecule has 94 valence electrons. The van der Waals surface area contributed by atoms with E-state index in [0.717, 1.165) is 0 Å². The SMILES string of the molecule is O=P(O)(O)C(=NCc1ccccn1)[P+](O)(O)O. The molecular formula is C7H11N2O6P2+. The van der Waals surface area contributed by atoms with Crippen LogP contribution in [0, 0.1) is 0 Å². The highest BCUT2D eigenvalue weighted by molar-refractivity contribution is 8.00. The second-order valence-corrected chi connectivity index (χ2v) is 6.47. The van der Waals surface area contributed by atoms with Crippen LogP contribution in [0.3, 0.4) is 0 Å². The van der Waals surface area contributed by atoms with E-state index in [9.17, 15) is 4.57 Å². The maximum Gasteiger partial charge on any atom is 0.469 e. The van der Waals surface area contributed by atoms with Crippen LogP contribution in [-0.4, -0.2) is 34.6 Å². The first-order chi connectivity index (χ1) is 7.71. The quantitative estimate of drug-likeness (QED) is 0.381. The summed E-state index contributed by atoms with van der Waals surface area (Å²) >= 11 is 0. The molecule has 0 radical (unpaired) electrons. The fourth-order valence-electron chi connectivity index (χ4n) is 1.01. The molecule has 0 bridgehead atoms. The van der Waals surface area contributed by atoms with Crippen molar-refractivity contribution in [3.05, 3.63) is 30.1 Å². The third-order valence-corrected chi connectivity index (χ3v) is 4.56. The van der Waals surface area contributed by atoms with E-state index < -0.39 is 20.7 Å². The molecule has 17 heavy (non-hydrogen) atoms. The van der Waals surface area contributed by atoms with Gasteiger partial charge in [0.25, 0.3) is 0 Å². The normalized spacial score (nSPS) is 13.8. The minimum absolute atomic E-state index is 0.273. The number of hydrogen-bond donors (Lipinski definition) is 5. The van der Waals surface area contributed by atoms with Crippen LogP contribution in [0.25, 0.3) is 0 Å². The highest BCUT2D eigenvalue weighted by Crippen LogP contribution is 2.60. The van der Waals surface area contributed by atoms with Crippen molar-refractivity contribution >= 4 is 20.7 Å². The van der Waals surface area contributed by atoms with Gasteiger partial charge in [-0.3, -0.25) is 4.98 Å². The summed E-state index contributed by atoms with van der Waals surface area (Å²) < 4.78 is 10.9. The summed E-state index contributed by atoms with van der Waals surface area (Å²) in [5, 5.41) is -1.31.